The van der Waals surface area contributed by atoms with Crippen LogP contribution in [0, 0.1) is 0 Å². The minimum Gasteiger partial charge on any atom is -0.490 e. The van der Waals surface area contributed by atoms with Gasteiger partial charge in [-0.25, -0.2) is 4.79 Å². The van der Waals surface area contributed by atoms with Crippen LogP contribution in [0.25, 0.3) is 0 Å². The van der Waals surface area contributed by atoms with E-state index in [0.29, 0.717) is 0 Å². The number of ether oxygens (including phenoxy) is 2. The molecule has 0 aliphatic carbocycles. The van der Waals surface area contributed by atoms with Crippen LogP contribution in [0.4, 0.5) is 18.9 Å². The molecule has 1 aromatic rings. The van der Waals surface area contributed by atoms with Gasteiger partial charge >= 0.3 is 18.1 Å². The summed E-state index contributed by atoms with van der Waals surface area (Å²) < 4.78 is 47.0. The number of anilines is 1. The van der Waals surface area contributed by atoms with Crippen LogP contribution >= 0.6 is 0 Å². The van der Waals surface area contributed by atoms with E-state index in [1.165, 1.54) is 12.1 Å². The molecule has 0 fully saturated rings. The molecule has 3 N–H and O–H groups in total. The van der Waals surface area contributed by atoms with Crippen LogP contribution in [0.15, 0.2) is 18.2 Å². The summed E-state index contributed by atoms with van der Waals surface area (Å²) in [5.74, 6) is -3.00. The van der Waals surface area contributed by atoms with Gasteiger partial charge in [-0.2, -0.15) is 13.2 Å². The van der Waals surface area contributed by atoms with E-state index in [2.05, 4.69) is 4.74 Å². The summed E-state index contributed by atoms with van der Waals surface area (Å²) >= 11 is 0. The van der Waals surface area contributed by atoms with Crippen molar-refractivity contribution < 1.29 is 32.2 Å². The molecule has 6 nitrogen and oxygen atoms in total. The highest BCUT2D eigenvalue weighted by Gasteiger charge is 2.39. The number of methoxy groups -OCH3 is 1. The number of hydrogen-bond donors (Lipinski definition) is 2. The van der Waals surface area contributed by atoms with Crippen LogP contribution in [0.3, 0.4) is 0 Å². The van der Waals surface area contributed by atoms with E-state index in [4.69, 9.17) is 10.5 Å². The Hall–Kier alpha value is -2.29. The predicted molar refractivity (Wildman–Crippen MR) is 76.2 cm³/mol. The molecule has 0 bridgehead atoms. The van der Waals surface area contributed by atoms with Gasteiger partial charge in [-0.1, -0.05) is 0 Å². The van der Waals surface area contributed by atoms with E-state index < -0.39 is 23.6 Å². The number of nitrogens with one attached hydrogen (secondary N) is 1. The molecule has 0 unspecified atom stereocenters. The van der Waals surface area contributed by atoms with Gasteiger partial charge in [-0.05, 0) is 32.0 Å². The van der Waals surface area contributed by atoms with Crippen LogP contribution in [0.5, 0.6) is 5.75 Å². The quantitative estimate of drug-likeness (QED) is 0.805. The van der Waals surface area contributed by atoms with Crippen molar-refractivity contribution in [2.45, 2.75) is 25.6 Å². The zero-order valence-corrected chi connectivity index (χ0v) is 12.8. The zero-order valence-electron chi connectivity index (χ0n) is 12.8. The highest BCUT2D eigenvalue weighted by atomic mass is 19.4. The Morgan fingerprint density at radius 2 is 1.87 bits per heavy atom. The number of carbonyl (C=O) groups is 2. The molecule has 0 aliphatic rings. The molecule has 9 heteroatoms. The lowest BCUT2D eigenvalue weighted by molar-refractivity contribution is -0.167. The molecule has 0 spiro atoms. The first-order chi connectivity index (χ1) is 10.4. The molecule has 0 radical (unpaired) electrons. The molecule has 0 saturated heterocycles. The van der Waals surface area contributed by atoms with Crippen LogP contribution in [0.2, 0.25) is 0 Å². The molecule has 0 aliphatic heterocycles. The van der Waals surface area contributed by atoms with Crippen LogP contribution in [-0.2, 0) is 9.53 Å². The molecule has 0 heterocycles. The lowest BCUT2D eigenvalue weighted by atomic mass is 10.1. The van der Waals surface area contributed by atoms with Crippen molar-refractivity contribution in [1.82, 2.24) is 0 Å². The lowest BCUT2D eigenvalue weighted by Crippen LogP contribution is -2.39. The van der Waals surface area contributed by atoms with Crippen LogP contribution in [0.1, 0.15) is 24.2 Å². The SMILES string of the molecule is COC(=O)c1ccc(OCC(C)(C)N)c(NC(=O)C(F)(F)F)c1. The fourth-order valence-corrected chi connectivity index (χ4v) is 1.46. The third kappa shape index (κ3) is 5.78. The van der Waals surface area contributed by atoms with Gasteiger partial charge in [0.05, 0.1) is 18.4 Å². The second-order valence-corrected chi connectivity index (χ2v) is 5.43. The van der Waals surface area contributed by atoms with Gasteiger partial charge in [0.25, 0.3) is 0 Å². The maximum atomic E-state index is 12.4. The first-order valence-electron chi connectivity index (χ1n) is 6.46. The Labute approximate surface area is 130 Å². The number of amides is 1. The standard InChI is InChI=1S/C14H17F3N2O4/c1-13(2,18)7-23-10-5-4-8(11(20)22-3)6-9(10)19-12(21)14(15,16)17/h4-6H,7,18H2,1-3H3,(H,19,21). The summed E-state index contributed by atoms with van der Waals surface area (Å²) in [6, 6.07) is 3.59. The van der Waals surface area contributed by atoms with E-state index in [0.717, 1.165) is 13.2 Å². The van der Waals surface area contributed by atoms with E-state index in [1.807, 2.05) is 0 Å². The molecular formula is C14H17F3N2O4. The topological polar surface area (TPSA) is 90.7 Å². The van der Waals surface area contributed by atoms with Gasteiger partial charge in [0.15, 0.2) is 0 Å². The van der Waals surface area contributed by atoms with Crippen molar-refractivity contribution in [3.05, 3.63) is 23.8 Å². The average molecular weight is 334 g/mol. The molecule has 128 valence electrons. The van der Waals surface area contributed by atoms with Crippen molar-refractivity contribution in [2.24, 2.45) is 5.73 Å². The smallest absolute Gasteiger partial charge is 0.471 e. The third-order valence-corrected chi connectivity index (χ3v) is 2.51. The summed E-state index contributed by atoms with van der Waals surface area (Å²) in [4.78, 5) is 22.6. The normalized spacial score (nSPS) is 11.8. The largest absolute Gasteiger partial charge is 0.490 e. The Morgan fingerprint density at radius 3 is 2.35 bits per heavy atom. The second-order valence-electron chi connectivity index (χ2n) is 5.43. The highest BCUT2D eigenvalue weighted by molar-refractivity contribution is 5.98. The van der Waals surface area contributed by atoms with E-state index in [1.54, 1.807) is 19.2 Å². The van der Waals surface area contributed by atoms with Crippen molar-refractivity contribution in [3.63, 3.8) is 0 Å². The van der Waals surface area contributed by atoms with Gasteiger partial charge in [-0.3, -0.25) is 4.79 Å². The number of carbonyl (C=O) groups excluding carboxylic acids is 2. The predicted octanol–water partition coefficient (Wildman–Crippen LogP) is 2.09. The monoisotopic (exact) mass is 334 g/mol. The molecular weight excluding hydrogens is 317 g/mol. The van der Waals surface area contributed by atoms with Gasteiger partial charge in [0.1, 0.15) is 12.4 Å². The van der Waals surface area contributed by atoms with Crippen molar-refractivity contribution in [3.8, 4) is 5.75 Å². The maximum Gasteiger partial charge on any atom is 0.471 e. The fourth-order valence-electron chi connectivity index (χ4n) is 1.46. The summed E-state index contributed by atoms with van der Waals surface area (Å²) in [5.41, 5.74) is 4.65. The maximum absolute atomic E-state index is 12.4. The van der Waals surface area contributed by atoms with Gasteiger partial charge in [-0.15, -0.1) is 0 Å². The molecule has 0 saturated carbocycles. The number of alkyl halides is 3. The number of benzene rings is 1. The highest BCUT2D eigenvalue weighted by Crippen LogP contribution is 2.29. The summed E-state index contributed by atoms with van der Waals surface area (Å²) in [7, 11) is 1.12. The van der Waals surface area contributed by atoms with Crippen LogP contribution in [-0.4, -0.2) is 37.3 Å². The number of rotatable bonds is 5. The first-order valence-corrected chi connectivity index (χ1v) is 6.46. The van der Waals surface area contributed by atoms with E-state index in [9.17, 15) is 22.8 Å². The lowest BCUT2D eigenvalue weighted by Gasteiger charge is -2.21. The Bertz CT molecular complexity index is 595. The second kappa shape index (κ2) is 6.86. The number of nitrogens with two attached hydrogens (primary N) is 1. The van der Waals surface area contributed by atoms with Crippen molar-refractivity contribution in [1.29, 1.82) is 0 Å². The summed E-state index contributed by atoms with van der Waals surface area (Å²) in [6.07, 6.45) is -5.08. The molecule has 1 rings (SSSR count). The molecule has 0 atom stereocenters. The minimum absolute atomic E-state index is 0.0144. The first kappa shape index (κ1) is 18.8. The van der Waals surface area contributed by atoms with Gasteiger partial charge < -0.3 is 20.5 Å². The third-order valence-electron chi connectivity index (χ3n) is 2.51. The summed E-state index contributed by atoms with van der Waals surface area (Å²) in [5, 5.41) is 1.67. The zero-order chi connectivity index (χ0) is 17.8. The number of halogens is 3. The Morgan fingerprint density at radius 1 is 1.26 bits per heavy atom. The van der Waals surface area contributed by atoms with E-state index >= 15 is 0 Å². The number of hydrogen-bond acceptors (Lipinski definition) is 5. The van der Waals surface area contributed by atoms with Crippen molar-refractivity contribution >= 4 is 17.6 Å². The Balaban J connectivity index is 3.13. The minimum atomic E-state index is -5.08. The fraction of sp³-hybridized carbons (Fsp3) is 0.429. The Kier molecular flexibility index (Phi) is 5.60. The molecule has 1 amide bonds. The van der Waals surface area contributed by atoms with Crippen LogP contribution < -0.4 is 15.8 Å². The number of esters is 1. The molecule has 23 heavy (non-hydrogen) atoms. The van der Waals surface area contributed by atoms with Crippen molar-refractivity contribution in [2.75, 3.05) is 19.0 Å². The molecule has 1 aromatic carbocycles. The average Bonchev–Trinajstić information content (AvgIpc) is 2.43. The van der Waals surface area contributed by atoms with Gasteiger partial charge in [0.2, 0.25) is 0 Å². The van der Waals surface area contributed by atoms with Gasteiger partial charge in [0, 0.05) is 5.54 Å². The summed E-state index contributed by atoms with van der Waals surface area (Å²) in [6.45, 7) is 3.30. The van der Waals surface area contributed by atoms with E-state index in [-0.39, 0.29) is 23.6 Å². The molecule has 0 aromatic heterocycles.